The Bertz CT molecular complexity index is 359. The van der Waals surface area contributed by atoms with E-state index in [0.717, 1.165) is 19.4 Å². The summed E-state index contributed by atoms with van der Waals surface area (Å²) in [5.74, 6) is -0.269. The van der Waals surface area contributed by atoms with Gasteiger partial charge < -0.3 is 5.11 Å². The maximum absolute atomic E-state index is 13.4. The number of hydrogen-bond acceptors (Lipinski definition) is 3. The highest BCUT2D eigenvalue weighted by Crippen LogP contribution is 2.20. The number of piperidine rings is 1. The SMILES string of the molecule is C[C@H]1[C@@H](O)CCCN1Cc1ccncc1F. The van der Waals surface area contributed by atoms with Crippen LogP contribution in [0.3, 0.4) is 0 Å². The fraction of sp³-hybridized carbons (Fsp3) is 0.583. The molecule has 1 N–H and O–H groups in total. The van der Waals surface area contributed by atoms with Crippen LogP contribution in [-0.2, 0) is 6.54 Å². The molecule has 0 amide bonds. The van der Waals surface area contributed by atoms with Crippen molar-refractivity contribution in [1.29, 1.82) is 0 Å². The zero-order valence-electron chi connectivity index (χ0n) is 9.43. The van der Waals surface area contributed by atoms with E-state index in [0.29, 0.717) is 12.1 Å². The number of pyridine rings is 1. The standard InChI is InChI=1S/C12H17FN2O/c1-9-12(16)3-2-6-15(9)8-10-4-5-14-7-11(10)13/h4-5,7,9,12,16H,2-3,6,8H2,1H3/t9-,12-/m0/s1. The number of hydrogen-bond donors (Lipinski definition) is 1. The van der Waals surface area contributed by atoms with Gasteiger partial charge in [-0.15, -0.1) is 0 Å². The highest BCUT2D eigenvalue weighted by atomic mass is 19.1. The fourth-order valence-corrected chi connectivity index (χ4v) is 2.17. The molecule has 1 saturated heterocycles. The minimum atomic E-state index is -0.293. The van der Waals surface area contributed by atoms with Gasteiger partial charge in [0.15, 0.2) is 0 Å². The number of rotatable bonds is 2. The Kier molecular flexibility index (Phi) is 3.51. The Morgan fingerprint density at radius 1 is 1.62 bits per heavy atom. The molecule has 0 spiro atoms. The Morgan fingerprint density at radius 3 is 3.19 bits per heavy atom. The molecule has 1 fully saturated rings. The topological polar surface area (TPSA) is 36.4 Å². The summed E-state index contributed by atoms with van der Waals surface area (Å²) in [5, 5.41) is 9.75. The smallest absolute Gasteiger partial charge is 0.145 e. The first-order valence-electron chi connectivity index (χ1n) is 5.69. The van der Waals surface area contributed by atoms with E-state index in [1.54, 1.807) is 12.3 Å². The highest BCUT2D eigenvalue weighted by Gasteiger charge is 2.26. The molecular formula is C12H17FN2O. The molecule has 0 aromatic carbocycles. The number of aliphatic hydroxyl groups is 1. The minimum Gasteiger partial charge on any atom is -0.392 e. The van der Waals surface area contributed by atoms with Crippen molar-refractivity contribution in [1.82, 2.24) is 9.88 Å². The summed E-state index contributed by atoms with van der Waals surface area (Å²) in [6.45, 7) is 3.45. The molecule has 88 valence electrons. The van der Waals surface area contributed by atoms with Gasteiger partial charge in [-0.3, -0.25) is 9.88 Å². The summed E-state index contributed by atoms with van der Waals surface area (Å²) in [6, 6.07) is 1.80. The molecule has 1 aliphatic heterocycles. The average Bonchev–Trinajstić information content (AvgIpc) is 2.28. The van der Waals surface area contributed by atoms with Gasteiger partial charge in [0, 0.05) is 24.3 Å². The van der Waals surface area contributed by atoms with E-state index < -0.39 is 0 Å². The van der Waals surface area contributed by atoms with Gasteiger partial charge >= 0.3 is 0 Å². The first-order chi connectivity index (χ1) is 7.68. The Balaban J connectivity index is 2.06. The maximum atomic E-state index is 13.4. The first-order valence-corrected chi connectivity index (χ1v) is 5.69. The van der Waals surface area contributed by atoms with Crippen LogP contribution in [0.5, 0.6) is 0 Å². The molecule has 3 nitrogen and oxygen atoms in total. The van der Waals surface area contributed by atoms with E-state index in [2.05, 4.69) is 9.88 Å². The predicted octanol–water partition coefficient (Wildman–Crippen LogP) is 1.57. The molecule has 2 atom stereocenters. The second-order valence-corrected chi connectivity index (χ2v) is 4.39. The first kappa shape index (κ1) is 11.5. The van der Waals surface area contributed by atoms with Gasteiger partial charge in [-0.25, -0.2) is 4.39 Å². The number of aliphatic hydroxyl groups excluding tert-OH is 1. The van der Waals surface area contributed by atoms with Crippen LogP contribution in [0.2, 0.25) is 0 Å². The van der Waals surface area contributed by atoms with Crippen LogP contribution < -0.4 is 0 Å². The highest BCUT2D eigenvalue weighted by molar-refractivity contribution is 5.12. The lowest BCUT2D eigenvalue weighted by molar-refractivity contribution is 0.0152. The van der Waals surface area contributed by atoms with Gasteiger partial charge in [-0.1, -0.05) is 0 Å². The van der Waals surface area contributed by atoms with Gasteiger partial charge in [-0.2, -0.15) is 0 Å². The largest absolute Gasteiger partial charge is 0.392 e. The van der Waals surface area contributed by atoms with Crippen molar-refractivity contribution in [3.8, 4) is 0 Å². The zero-order valence-corrected chi connectivity index (χ0v) is 9.43. The molecule has 0 saturated carbocycles. The molecule has 1 aliphatic rings. The van der Waals surface area contributed by atoms with Crippen LogP contribution in [0.4, 0.5) is 4.39 Å². The fourth-order valence-electron chi connectivity index (χ4n) is 2.17. The molecule has 4 heteroatoms. The zero-order chi connectivity index (χ0) is 11.5. The van der Waals surface area contributed by atoms with Crippen LogP contribution in [0, 0.1) is 5.82 Å². The molecule has 0 aliphatic carbocycles. The predicted molar refractivity (Wildman–Crippen MR) is 59.3 cm³/mol. The molecule has 16 heavy (non-hydrogen) atoms. The van der Waals surface area contributed by atoms with E-state index in [1.807, 2.05) is 6.92 Å². The second-order valence-electron chi connectivity index (χ2n) is 4.39. The molecule has 0 unspecified atom stereocenters. The quantitative estimate of drug-likeness (QED) is 0.828. The van der Waals surface area contributed by atoms with Crippen LogP contribution in [0.15, 0.2) is 18.5 Å². The van der Waals surface area contributed by atoms with Crippen LogP contribution in [-0.4, -0.2) is 33.7 Å². The lowest BCUT2D eigenvalue weighted by Gasteiger charge is -2.36. The second kappa shape index (κ2) is 4.89. The summed E-state index contributed by atoms with van der Waals surface area (Å²) >= 11 is 0. The molecular weight excluding hydrogens is 207 g/mol. The van der Waals surface area contributed by atoms with Gasteiger partial charge in [0.1, 0.15) is 5.82 Å². The number of aromatic nitrogens is 1. The van der Waals surface area contributed by atoms with Crippen LogP contribution in [0.25, 0.3) is 0 Å². The molecule has 1 aromatic heterocycles. The van der Waals surface area contributed by atoms with Crippen molar-refractivity contribution in [2.45, 2.75) is 38.5 Å². The lowest BCUT2D eigenvalue weighted by Crippen LogP contribution is -2.45. The molecule has 2 heterocycles. The van der Waals surface area contributed by atoms with Crippen molar-refractivity contribution < 1.29 is 9.50 Å². The monoisotopic (exact) mass is 224 g/mol. The van der Waals surface area contributed by atoms with Gasteiger partial charge in [0.2, 0.25) is 0 Å². The van der Waals surface area contributed by atoms with E-state index >= 15 is 0 Å². The third-order valence-electron chi connectivity index (χ3n) is 3.31. The van der Waals surface area contributed by atoms with Crippen molar-refractivity contribution in [2.24, 2.45) is 0 Å². The van der Waals surface area contributed by atoms with E-state index in [9.17, 15) is 9.50 Å². The van der Waals surface area contributed by atoms with Gasteiger partial charge in [-0.05, 0) is 32.4 Å². The average molecular weight is 224 g/mol. The molecule has 2 rings (SSSR count). The Hall–Kier alpha value is -1.00. The van der Waals surface area contributed by atoms with Crippen molar-refractivity contribution in [3.63, 3.8) is 0 Å². The van der Waals surface area contributed by atoms with E-state index in [1.165, 1.54) is 6.20 Å². The Labute approximate surface area is 94.9 Å². The van der Waals surface area contributed by atoms with Crippen LogP contribution in [0.1, 0.15) is 25.3 Å². The lowest BCUT2D eigenvalue weighted by atomic mass is 10.00. The molecule has 0 radical (unpaired) electrons. The molecule has 1 aromatic rings. The van der Waals surface area contributed by atoms with Gasteiger partial charge in [0.25, 0.3) is 0 Å². The van der Waals surface area contributed by atoms with E-state index in [4.69, 9.17) is 0 Å². The number of nitrogens with zero attached hydrogens (tertiary/aromatic N) is 2. The number of halogens is 1. The third-order valence-corrected chi connectivity index (χ3v) is 3.31. The third kappa shape index (κ3) is 2.39. The Morgan fingerprint density at radius 2 is 2.44 bits per heavy atom. The summed E-state index contributed by atoms with van der Waals surface area (Å²) in [6.07, 6.45) is 4.36. The summed E-state index contributed by atoms with van der Waals surface area (Å²) < 4.78 is 13.4. The normalized spacial score (nSPS) is 26.9. The van der Waals surface area contributed by atoms with Crippen molar-refractivity contribution >= 4 is 0 Å². The van der Waals surface area contributed by atoms with E-state index in [-0.39, 0.29) is 18.0 Å². The van der Waals surface area contributed by atoms with Crippen molar-refractivity contribution in [3.05, 3.63) is 29.8 Å². The summed E-state index contributed by atoms with van der Waals surface area (Å²) in [5.41, 5.74) is 0.649. The van der Waals surface area contributed by atoms with Crippen LogP contribution >= 0.6 is 0 Å². The number of likely N-dealkylation sites (tertiary alicyclic amines) is 1. The minimum absolute atomic E-state index is 0.0984. The molecule has 0 bridgehead atoms. The summed E-state index contributed by atoms with van der Waals surface area (Å²) in [4.78, 5) is 5.85. The summed E-state index contributed by atoms with van der Waals surface area (Å²) in [7, 11) is 0. The maximum Gasteiger partial charge on any atom is 0.145 e. The van der Waals surface area contributed by atoms with Crippen molar-refractivity contribution in [2.75, 3.05) is 6.54 Å². The van der Waals surface area contributed by atoms with Gasteiger partial charge in [0.05, 0.1) is 12.3 Å².